The van der Waals surface area contributed by atoms with Gasteiger partial charge >= 0.3 is 0 Å². The van der Waals surface area contributed by atoms with Gasteiger partial charge in [-0.05, 0) is 104 Å². The zero-order valence-electron chi connectivity index (χ0n) is 34.4. The molecule has 0 atom stereocenters. The fourth-order valence-electron chi connectivity index (χ4n) is 10.8. The maximum Gasteiger partial charge on any atom is 0.145 e. The quantitative estimate of drug-likeness (QED) is 0.162. The summed E-state index contributed by atoms with van der Waals surface area (Å²) >= 11 is 0. The summed E-state index contributed by atoms with van der Waals surface area (Å²) in [4.78, 5) is 2.55. The number of hydrogen-bond donors (Lipinski definition) is 0. The zero-order chi connectivity index (χ0) is 41.1. The van der Waals surface area contributed by atoms with E-state index in [-0.39, 0.29) is 5.41 Å². The molecule has 10 aromatic carbocycles. The zero-order valence-corrected chi connectivity index (χ0v) is 34.4. The van der Waals surface area contributed by atoms with Gasteiger partial charge in [-0.25, -0.2) is 0 Å². The number of nitrogens with zero attached hydrogens (tertiary/aromatic N) is 2. The molecule has 13 rings (SSSR count). The van der Waals surface area contributed by atoms with Gasteiger partial charge in [-0.3, -0.25) is 0 Å². The van der Waals surface area contributed by atoms with E-state index in [2.05, 4.69) is 230 Å². The van der Waals surface area contributed by atoms with Crippen molar-refractivity contribution < 1.29 is 4.42 Å². The Labute approximate surface area is 359 Å². The predicted octanol–water partition coefficient (Wildman–Crippen LogP) is 16.4. The van der Waals surface area contributed by atoms with Crippen LogP contribution in [0.2, 0.25) is 0 Å². The van der Waals surface area contributed by atoms with E-state index in [9.17, 15) is 0 Å². The Morgan fingerprint density at radius 3 is 1.92 bits per heavy atom. The van der Waals surface area contributed by atoms with E-state index >= 15 is 0 Å². The van der Waals surface area contributed by atoms with Crippen molar-refractivity contribution in [3.63, 3.8) is 0 Å². The molecule has 12 aromatic rings. The molecule has 1 aliphatic rings. The minimum absolute atomic E-state index is 0.179. The average Bonchev–Trinajstić information content (AvgIpc) is 3.96. The number of fused-ring (bicyclic) bond motifs is 12. The largest absolute Gasteiger partial charge is 0.455 e. The molecule has 0 radical (unpaired) electrons. The summed E-state index contributed by atoms with van der Waals surface area (Å²) in [7, 11) is 0. The maximum absolute atomic E-state index is 7.13. The van der Waals surface area contributed by atoms with Crippen LogP contribution in [0.4, 0.5) is 17.1 Å². The summed E-state index contributed by atoms with van der Waals surface area (Å²) in [5.74, 6) is 0. The second-order valence-electron chi connectivity index (χ2n) is 17.2. The Hall–Kier alpha value is -7.88. The summed E-state index contributed by atoms with van der Waals surface area (Å²) in [6.45, 7) is 4.73. The molecule has 0 saturated heterocycles. The summed E-state index contributed by atoms with van der Waals surface area (Å²) < 4.78 is 9.55. The van der Waals surface area contributed by atoms with Crippen LogP contribution >= 0.6 is 0 Å². The number of aromatic nitrogens is 1. The van der Waals surface area contributed by atoms with Gasteiger partial charge in [-0.15, -0.1) is 0 Å². The molecule has 62 heavy (non-hydrogen) atoms. The van der Waals surface area contributed by atoms with Crippen molar-refractivity contribution in [1.82, 2.24) is 4.57 Å². The van der Waals surface area contributed by atoms with Crippen LogP contribution < -0.4 is 4.90 Å². The molecule has 292 valence electrons. The van der Waals surface area contributed by atoms with Crippen LogP contribution in [0.25, 0.3) is 93.2 Å². The van der Waals surface area contributed by atoms with Crippen LogP contribution in [0.5, 0.6) is 0 Å². The second kappa shape index (κ2) is 13.1. The summed E-state index contributed by atoms with van der Waals surface area (Å²) in [6.07, 6.45) is 0. The highest BCUT2D eigenvalue weighted by Gasteiger charge is 2.38. The van der Waals surface area contributed by atoms with Crippen LogP contribution in [0.15, 0.2) is 211 Å². The lowest BCUT2D eigenvalue weighted by Crippen LogP contribution is -2.16. The average molecular weight is 793 g/mol. The molecule has 3 heteroatoms. The van der Waals surface area contributed by atoms with E-state index < -0.39 is 0 Å². The summed E-state index contributed by atoms with van der Waals surface area (Å²) in [5, 5.41) is 9.46. The van der Waals surface area contributed by atoms with Gasteiger partial charge in [0, 0.05) is 38.4 Å². The first kappa shape index (κ1) is 34.9. The van der Waals surface area contributed by atoms with Crippen molar-refractivity contribution in [1.29, 1.82) is 0 Å². The molecule has 0 N–H and O–H groups in total. The van der Waals surface area contributed by atoms with Crippen molar-refractivity contribution in [2.75, 3.05) is 4.90 Å². The van der Waals surface area contributed by atoms with E-state index in [1.807, 2.05) is 0 Å². The first-order valence-corrected chi connectivity index (χ1v) is 21.5. The molecule has 0 saturated carbocycles. The number of rotatable bonds is 5. The summed E-state index contributed by atoms with van der Waals surface area (Å²) in [5.41, 5.74) is 15.8. The number of hydrogen-bond acceptors (Lipinski definition) is 2. The normalized spacial score (nSPS) is 13.1. The lowest BCUT2D eigenvalue weighted by Gasteiger charge is -2.30. The molecule has 0 fully saturated rings. The van der Waals surface area contributed by atoms with Crippen LogP contribution in [-0.2, 0) is 5.41 Å². The molecule has 0 amide bonds. The van der Waals surface area contributed by atoms with E-state index in [1.54, 1.807) is 0 Å². The van der Waals surface area contributed by atoms with E-state index in [0.29, 0.717) is 0 Å². The molecule has 0 unspecified atom stereocenters. The number of anilines is 3. The van der Waals surface area contributed by atoms with E-state index in [4.69, 9.17) is 4.42 Å². The molecule has 0 bridgehead atoms. The Morgan fingerprint density at radius 1 is 0.419 bits per heavy atom. The van der Waals surface area contributed by atoms with Crippen LogP contribution in [0.3, 0.4) is 0 Å². The Kier molecular flexibility index (Phi) is 7.36. The van der Waals surface area contributed by atoms with Crippen LogP contribution in [0.1, 0.15) is 25.0 Å². The predicted molar refractivity (Wildman–Crippen MR) is 261 cm³/mol. The molecular weight excluding hydrogens is 753 g/mol. The van der Waals surface area contributed by atoms with Crippen LogP contribution in [-0.4, -0.2) is 4.57 Å². The molecule has 2 aromatic heterocycles. The van der Waals surface area contributed by atoms with Crippen molar-refractivity contribution in [2.45, 2.75) is 19.3 Å². The SMILES string of the molecule is CC1(C)c2ccccc2-c2c(N(c3ccc(-c4cc5ccccc5c5ccccc45)c4oc5ccccc5c34)c3cccc4c3c3ccccc3n4-c3ccccc3)cccc21. The third-order valence-corrected chi connectivity index (χ3v) is 13.6. The molecule has 0 spiro atoms. The van der Waals surface area contributed by atoms with Crippen molar-refractivity contribution in [3.05, 3.63) is 217 Å². The lowest BCUT2D eigenvalue weighted by atomic mass is 9.82. The van der Waals surface area contributed by atoms with Gasteiger partial charge in [-0.1, -0.05) is 159 Å². The maximum atomic E-state index is 7.13. The third-order valence-electron chi connectivity index (χ3n) is 13.6. The monoisotopic (exact) mass is 792 g/mol. The molecule has 2 heterocycles. The third kappa shape index (κ3) is 4.82. The van der Waals surface area contributed by atoms with Crippen molar-refractivity contribution >= 4 is 82.4 Å². The van der Waals surface area contributed by atoms with Gasteiger partial charge in [0.2, 0.25) is 0 Å². The minimum Gasteiger partial charge on any atom is -0.455 e. The van der Waals surface area contributed by atoms with E-state index in [1.165, 1.54) is 60.1 Å². The molecule has 3 nitrogen and oxygen atoms in total. The molecule has 0 aliphatic heterocycles. The van der Waals surface area contributed by atoms with Gasteiger partial charge in [0.15, 0.2) is 0 Å². The minimum atomic E-state index is -0.179. The summed E-state index contributed by atoms with van der Waals surface area (Å²) in [6, 6.07) is 75.3. The number of furan rings is 1. The number of benzene rings is 10. The lowest BCUT2D eigenvalue weighted by molar-refractivity contribution is 0.660. The standard InChI is InChI=1S/C59H40N2O/c1-59(2)47-27-13-10-24-43(47)55-48(59)28-16-30-50(55)61(52-32-17-31-51-56(52)44-25-11-14-29-49(44)60(51)38-19-4-3-5-20-38)53-35-34-42(58-57(53)45-26-12-15-33-54(45)62-58)46-36-37-18-6-7-21-39(37)40-22-8-9-23-41(40)46/h3-36H,1-2H3. The van der Waals surface area contributed by atoms with Gasteiger partial charge in [0.1, 0.15) is 11.2 Å². The molecular formula is C59H40N2O. The Morgan fingerprint density at radius 2 is 1.05 bits per heavy atom. The van der Waals surface area contributed by atoms with Gasteiger partial charge in [0.05, 0.1) is 33.5 Å². The highest BCUT2D eigenvalue weighted by molar-refractivity contribution is 6.23. The first-order valence-electron chi connectivity index (χ1n) is 21.5. The van der Waals surface area contributed by atoms with Gasteiger partial charge in [0.25, 0.3) is 0 Å². The highest BCUT2D eigenvalue weighted by atomic mass is 16.3. The first-order chi connectivity index (χ1) is 30.6. The smallest absolute Gasteiger partial charge is 0.145 e. The van der Waals surface area contributed by atoms with Gasteiger partial charge in [-0.2, -0.15) is 0 Å². The topological polar surface area (TPSA) is 21.3 Å². The molecule has 1 aliphatic carbocycles. The van der Waals surface area contributed by atoms with Crippen LogP contribution in [0, 0.1) is 0 Å². The van der Waals surface area contributed by atoms with E-state index in [0.717, 1.165) is 61.3 Å². The number of para-hydroxylation sites is 3. The fourth-order valence-corrected chi connectivity index (χ4v) is 10.8. The second-order valence-corrected chi connectivity index (χ2v) is 17.2. The highest BCUT2D eigenvalue weighted by Crippen LogP contribution is 2.57. The Balaban J connectivity index is 1.19. The van der Waals surface area contributed by atoms with Gasteiger partial charge < -0.3 is 13.9 Å². The van der Waals surface area contributed by atoms with Crippen molar-refractivity contribution in [2.24, 2.45) is 0 Å². The van der Waals surface area contributed by atoms with Crippen molar-refractivity contribution in [3.8, 4) is 27.9 Å². The Bertz CT molecular complexity index is 3790. The fraction of sp³-hybridized carbons (Fsp3) is 0.0508.